The normalized spacial score (nSPS) is 19.9. The molecule has 0 N–H and O–H groups in total. The van der Waals surface area contributed by atoms with Crippen molar-refractivity contribution in [3.63, 3.8) is 0 Å². The molecule has 2 heterocycles. The van der Waals surface area contributed by atoms with E-state index in [9.17, 15) is 9.18 Å². The van der Waals surface area contributed by atoms with Crippen molar-refractivity contribution in [2.75, 3.05) is 12.4 Å². The Hall–Kier alpha value is -1.16. The molecule has 1 amide bonds. The van der Waals surface area contributed by atoms with E-state index in [-0.39, 0.29) is 11.9 Å². The van der Waals surface area contributed by atoms with Crippen molar-refractivity contribution in [1.82, 2.24) is 9.88 Å². The van der Waals surface area contributed by atoms with Gasteiger partial charge >= 0.3 is 0 Å². The van der Waals surface area contributed by atoms with Crippen LogP contribution in [-0.2, 0) is 0 Å². The summed E-state index contributed by atoms with van der Waals surface area (Å²) in [4.78, 5) is 17.8. The Kier molecular flexibility index (Phi) is 4.53. The maximum absolute atomic E-state index is 13.1. The van der Waals surface area contributed by atoms with E-state index in [1.807, 2.05) is 4.90 Å². The number of likely N-dealkylation sites (tertiary alicyclic amines) is 1. The number of nitrogens with zero attached hydrogens (tertiary/aromatic N) is 2. The highest BCUT2D eigenvalue weighted by Crippen LogP contribution is 2.22. The average Bonchev–Trinajstić information content (AvgIpc) is 2.39. The minimum atomic E-state index is -0.480. The minimum Gasteiger partial charge on any atom is -0.336 e. The van der Waals surface area contributed by atoms with Crippen LogP contribution in [0, 0.1) is 5.82 Å². The Balaban J connectivity index is 2.15. The number of piperidine rings is 1. The molecular formula is C13H16ClFN2O. The molecule has 1 fully saturated rings. The molecule has 0 spiro atoms. The Bertz CT molecular complexity index is 425. The molecule has 1 saturated heterocycles. The monoisotopic (exact) mass is 270 g/mol. The number of alkyl halides is 1. The zero-order chi connectivity index (χ0) is 13.0. The van der Waals surface area contributed by atoms with Crippen LogP contribution in [0.2, 0.25) is 0 Å². The number of carbonyl (C=O) groups excluding carboxylic acids is 1. The third-order valence-corrected chi connectivity index (χ3v) is 3.50. The smallest absolute Gasteiger partial charge is 0.255 e. The third kappa shape index (κ3) is 2.99. The minimum absolute atomic E-state index is 0.142. The van der Waals surface area contributed by atoms with E-state index >= 15 is 0 Å². The molecule has 5 heteroatoms. The number of carbonyl (C=O) groups is 1. The Morgan fingerprint density at radius 3 is 3.06 bits per heavy atom. The average molecular weight is 271 g/mol. The first-order valence-electron chi connectivity index (χ1n) is 6.20. The van der Waals surface area contributed by atoms with Gasteiger partial charge < -0.3 is 4.90 Å². The lowest BCUT2D eigenvalue weighted by molar-refractivity contribution is 0.0608. The van der Waals surface area contributed by atoms with E-state index in [1.165, 1.54) is 12.3 Å². The van der Waals surface area contributed by atoms with Gasteiger partial charge in [0.2, 0.25) is 0 Å². The number of hydrogen-bond donors (Lipinski definition) is 0. The molecule has 1 aliphatic heterocycles. The lowest BCUT2D eigenvalue weighted by Gasteiger charge is -2.35. The molecular weight excluding hydrogens is 255 g/mol. The molecule has 0 aromatic carbocycles. The number of aromatic nitrogens is 1. The van der Waals surface area contributed by atoms with Crippen LogP contribution in [0.4, 0.5) is 4.39 Å². The lowest BCUT2D eigenvalue weighted by Crippen LogP contribution is -2.44. The van der Waals surface area contributed by atoms with Gasteiger partial charge in [-0.05, 0) is 31.7 Å². The van der Waals surface area contributed by atoms with Crippen molar-refractivity contribution in [1.29, 1.82) is 0 Å². The van der Waals surface area contributed by atoms with Crippen LogP contribution in [0.25, 0.3) is 0 Å². The fraction of sp³-hybridized carbons (Fsp3) is 0.538. The van der Waals surface area contributed by atoms with Gasteiger partial charge in [-0.3, -0.25) is 9.78 Å². The molecule has 0 saturated carbocycles. The molecule has 1 aromatic rings. The second kappa shape index (κ2) is 6.14. The van der Waals surface area contributed by atoms with Gasteiger partial charge in [0.05, 0.1) is 11.8 Å². The van der Waals surface area contributed by atoms with E-state index in [4.69, 9.17) is 11.6 Å². The second-order valence-electron chi connectivity index (χ2n) is 4.52. The highest BCUT2D eigenvalue weighted by Gasteiger charge is 2.27. The van der Waals surface area contributed by atoms with E-state index in [1.54, 1.807) is 0 Å². The highest BCUT2D eigenvalue weighted by atomic mass is 35.5. The van der Waals surface area contributed by atoms with Crippen molar-refractivity contribution in [3.05, 3.63) is 29.8 Å². The summed E-state index contributed by atoms with van der Waals surface area (Å²) in [5, 5.41) is 0. The van der Waals surface area contributed by atoms with Gasteiger partial charge in [-0.25, -0.2) is 4.39 Å². The number of halogens is 2. The Morgan fingerprint density at radius 2 is 2.33 bits per heavy atom. The first kappa shape index (κ1) is 13.3. The van der Waals surface area contributed by atoms with Gasteiger partial charge in [-0.2, -0.15) is 0 Å². The van der Waals surface area contributed by atoms with Gasteiger partial charge in [0, 0.05) is 24.7 Å². The van der Waals surface area contributed by atoms with Crippen molar-refractivity contribution >= 4 is 17.5 Å². The topological polar surface area (TPSA) is 33.2 Å². The number of amides is 1. The molecule has 3 nitrogen and oxygen atoms in total. The summed E-state index contributed by atoms with van der Waals surface area (Å²) < 4.78 is 13.1. The zero-order valence-corrected chi connectivity index (χ0v) is 10.9. The maximum atomic E-state index is 13.1. The summed E-state index contributed by atoms with van der Waals surface area (Å²) in [6.07, 6.45) is 6.39. The van der Waals surface area contributed by atoms with Crippen LogP contribution >= 0.6 is 11.6 Å². The summed E-state index contributed by atoms with van der Waals surface area (Å²) in [5.41, 5.74) is 0.316. The molecule has 1 aliphatic rings. The number of hydrogen-bond acceptors (Lipinski definition) is 2. The van der Waals surface area contributed by atoms with Crippen LogP contribution in [0.3, 0.4) is 0 Å². The van der Waals surface area contributed by atoms with Crippen molar-refractivity contribution in [2.24, 2.45) is 0 Å². The van der Waals surface area contributed by atoms with Gasteiger partial charge in [0.1, 0.15) is 5.82 Å². The predicted molar refractivity (Wildman–Crippen MR) is 68.2 cm³/mol. The summed E-state index contributed by atoms with van der Waals surface area (Å²) in [5.74, 6) is -0.0841. The lowest BCUT2D eigenvalue weighted by atomic mass is 9.99. The summed E-state index contributed by atoms with van der Waals surface area (Å²) in [7, 11) is 0. The summed E-state index contributed by atoms with van der Waals surface area (Å²) in [6, 6.07) is 1.41. The first-order valence-corrected chi connectivity index (χ1v) is 6.73. The van der Waals surface area contributed by atoms with Crippen molar-refractivity contribution < 1.29 is 9.18 Å². The third-order valence-electron chi connectivity index (χ3n) is 3.28. The molecule has 98 valence electrons. The number of pyridine rings is 1. The van der Waals surface area contributed by atoms with Crippen LogP contribution in [0.15, 0.2) is 18.5 Å². The second-order valence-corrected chi connectivity index (χ2v) is 4.90. The van der Waals surface area contributed by atoms with E-state index in [0.29, 0.717) is 11.4 Å². The molecule has 0 aliphatic carbocycles. The molecule has 2 rings (SSSR count). The molecule has 1 atom stereocenters. The van der Waals surface area contributed by atoms with E-state index < -0.39 is 5.82 Å². The molecule has 1 unspecified atom stereocenters. The van der Waals surface area contributed by atoms with Crippen LogP contribution in [0.1, 0.15) is 36.0 Å². The quantitative estimate of drug-likeness (QED) is 0.792. The SMILES string of the molecule is O=C(c1cncc(F)c1)N1CCCCC1CCCl. The fourth-order valence-corrected chi connectivity index (χ4v) is 2.64. The van der Waals surface area contributed by atoms with Gasteiger partial charge in [-0.15, -0.1) is 11.6 Å². The maximum Gasteiger partial charge on any atom is 0.255 e. The standard InChI is InChI=1S/C13H16ClFN2O/c14-5-4-12-3-1-2-6-17(12)13(18)10-7-11(15)9-16-8-10/h7-9,12H,1-6H2. The summed E-state index contributed by atoms with van der Waals surface area (Å²) in [6.45, 7) is 0.719. The van der Waals surface area contributed by atoms with Crippen LogP contribution < -0.4 is 0 Å². The Labute approximate surface area is 111 Å². The Morgan fingerprint density at radius 1 is 1.50 bits per heavy atom. The van der Waals surface area contributed by atoms with Crippen LogP contribution in [0.5, 0.6) is 0 Å². The largest absolute Gasteiger partial charge is 0.336 e. The number of rotatable bonds is 3. The van der Waals surface area contributed by atoms with Crippen LogP contribution in [-0.4, -0.2) is 34.3 Å². The van der Waals surface area contributed by atoms with Gasteiger partial charge in [0.15, 0.2) is 0 Å². The van der Waals surface area contributed by atoms with Gasteiger partial charge in [0.25, 0.3) is 5.91 Å². The van der Waals surface area contributed by atoms with E-state index in [2.05, 4.69) is 4.98 Å². The molecule has 1 aromatic heterocycles. The molecule has 0 radical (unpaired) electrons. The first-order chi connectivity index (χ1) is 8.72. The van der Waals surface area contributed by atoms with Crippen molar-refractivity contribution in [2.45, 2.75) is 31.7 Å². The zero-order valence-electron chi connectivity index (χ0n) is 10.1. The van der Waals surface area contributed by atoms with E-state index in [0.717, 1.165) is 38.4 Å². The highest BCUT2D eigenvalue weighted by molar-refractivity contribution is 6.17. The van der Waals surface area contributed by atoms with Crippen molar-refractivity contribution in [3.8, 4) is 0 Å². The predicted octanol–water partition coefficient (Wildman–Crippen LogP) is 2.84. The van der Waals surface area contributed by atoms with Gasteiger partial charge in [-0.1, -0.05) is 0 Å². The molecule has 18 heavy (non-hydrogen) atoms. The molecule has 0 bridgehead atoms. The summed E-state index contributed by atoms with van der Waals surface area (Å²) >= 11 is 5.77. The fourth-order valence-electron chi connectivity index (χ4n) is 2.39.